The molecule has 9 nitrogen and oxygen atoms in total. The average molecular weight is 268 g/mol. The molecule has 0 amide bonds. The molecule has 0 radical (unpaired) electrons. The molecule has 19 heavy (non-hydrogen) atoms. The maximum atomic E-state index is 5.38. The molecule has 0 atom stereocenters. The molecule has 0 saturated carbocycles. The van der Waals surface area contributed by atoms with Crippen molar-refractivity contribution in [1.82, 2.24) is 25.7 Å². The SMILES string of the molecule is COCCNCc1nnc(NCCc2ncon2)o1. The topological polar surface area (TPSA) is 111 Å². The molecular weight excluding hydrogens is 252 g/mol. The molecule has 2 N–H and O–H groups in total. The van der Waals surface area contributed by atoms with Gasteiger partial charge in [0.25, 0.3) is 0 Å². The third-order valence-electron chi connectivity index (χ3n) is 2.26. The number of anilines is 1. The Hall–Kier alpha value is -2.00. The minimum atomic E-state index is 0.382. The molecule has 9 heteroatoms. The second-order valence-corrected chi connectivity index (χ2v) is 3.69. The minimum absolute atomic E-state index is 0.382. The summed E-state index contributed by atoms with van der Waals surface area (Å²) < 4.78 is 14.9. The number of methoxy groups -OCH3 is 1. The Morgan fingerprint density at radius 2 is 2.26 bits per heavy atom. The minimum Gasteiger partial charge on any atom is -0.407 e. The van der Waals surface area contributed by atoms with Gasteiger partial charge in [0, 0.05) is 26.6 Å². The van der Waals surface area contributed by atoms with Crippen LogP contribution in [0.2, 0.25) is 0 Å². The summed E-state index contributed by atoms with van der Waals surface area (Å²) in [7, 11) is 1.65. The molecule has 2 heterocycles. The molecule has 0 aliphatic carbocycles. The third kappa shape index (κ3) is 4.64. The van der Waals surface area contributed by atoms with E-state index in [-0.39, 0.29) is 0 Å². The molecule has 0 aromatic carbocycles. The second-order valence-electron chi connectivity index (χ2n) is 3.69. The lowest BCUT2D eigenvalue weighted by molar-refractivity contribution is 0.198. The Labute approximate surface area is 109 Å². The lowest BCUT2D eigenvalue weighted by Crippen LogP contribution is -2.18. The number of hydrogen-bond acceptors (Lipinski definition) is 9. The zero-order valence-corrected chi connectivity index (χ0v) is 10.6. The first-order valence-electron chi connectivity index (χ1n) is 5.89. The van der Waals surface area contributed by atoms with Crippen LogP contribution in [0.4, 0.5) is 6.01 Å². The van der Waals surface area contributed by atoms with Crippen LogP contribution in [-0.2, 0) is 17.7 Å². The average Bonchev–Trinajstić information content (AvgIpc) is 3.07. The lowest BCUT2D eigenvalue weighted by atomic mass is 10.4. The predicted molar refractivity (Wildman–Crippen MR) is 64.4 cm³/mol. The van der Waals surface area contributed by atoms with Crippen molar-refractivity contribution in [2.24, 2.45) is 0 Å². The smallest absolute Gasteiger partial charge is 0.315 e. The van der Waals surface area contributed by atoms with Gasteiger partial charge in [-0.3, -0.25) is 0 Å². The van der Waals surface area contributed by atoms with Gasteiger partial charge in [-0.2, -0.15) is 4.98 Å². The fourth-order valence-electron chi connectivity index (χ4n) is 1.35. The number of hydrogen-bond donors (Lipinski definition) is 2. The van der Waals surface area contributed by atoms with Gasteiger partial charge >= 0.3 is 6.01 Å². The van der Waals surface area contributed by atoms with Crippen LogP contribution in [0, 0.1) is 0 Å². The Morgan fingerprint density at radius 1 is 1.32 bits per heavy atom. The predicted octanol–water partition coefficient (Wildman–Crippen LogP) is -0.157. The fraction of sp³-hybridized carbons (Fsp3) is 0.600. The van der Waals surface area contributed by atoms with Gasteiger partial charge in [-0.05, 0) is 0 Å². The largest absolute Gasteiger partial charge is 0.407 e. The molecule has 0 unspecified atom stereocenters. The van der Waals surface area contributed by atoms with Crippen molar-refractivity contribution in [3.63, 3.8) is 0 Å². The lowest BCUT2D eigenvalue weighted by Gasteiger charge is -1.99. The number of rotatable bonds is 9. The van der Waals surface area contributed by atoms with Crippen molar-refractivity contribution < 1.29 is 13.7 Å². The Balaban J connectivity index is 1.65. The molecule has 2 aromatic heterocycles. The van der Waals surface area contributed by atoms with E-state index in [1.54, 1.807) is 7.11 Å². The molecule has 2 aromatic rings. The summed E-state index contributed by atoms with van der Waals surface area (Å²) in [6, 6.07) is 0.382. The summed E-state index contributed by atoms with van der Waals surface area (Å²) in [6.07, 6.45) is 1.92. The van der Waals surface area contributed by atoms with Crippen molar-refractivity contribution in [2.45, 2.75) is 13.0 Å². The molecule has 0 aliphatic heterocycles. The van der Waals surface area contributed by atoms with Gasteiger partial charge < -0.3 is 24.3 Å². The first-order valence-corrected chi connectivity index (χ1v) is 5.89. The van der Waals surface area contributed by atoms with E-state index < -0.39 is 0 Å². The monoisotopic (exact) mass is 268 g/mol. The summed E-state index contributed by atoms with van der Waals surface area (Å²) in [5.74, 6) is 1.16. The van der Waals surface area contributed by atoms with E-state index in [0.29, 0.717) is 43.8 Å². The number of nitrogens with one attached hydrogen (secondary N) is 2. The van der Waals surface area contributed by atoms with E-state index in [4.69, 9.17) is 9.15 Å². The highest BCUT2D eigenvalue weighted by Crippen LogP contribution is 2.04. The van der Waals surface area contributed by atoms with Crippen LogP contribution < -0.4 is 10.6 Å². The summed E-state index contributed by atoms with van der Waals surface area (Å²) in [6.45, 7) is 2.49. The van der Waals surface area contributed by atoms with Crippen molar-refractivity contribution in [3.8, 4) is 0 Å². The second kappa shape index (κ2) is 7.44. The van der Waals surface area contributed by atoms with Crippen LogP contribution in [0.1, 0.15) is 11.7 Å². The van der Waals surface area contributed by atoms with Gasteiger partial charge in [-0.15, -0.1) is 5.10 Å². The van der Waals surface area contributed by atoms with E-state index in [1.807, 2.05) is 0 Å². The Kier molecular flexibility index (Phi) is 5.26. The molecule has 0 saturated heterocycles. The summed E-state index contributed by atoms with van der Waals surface area (Å²) in [5, 5.41) is 17.6. The summed E-state index contributed by atoms with van der Waals surface area (Å²) >= 11 is 0. The van der Waals surface area contributed by atoms with Gasteiger partial charge in [0.1, 0.15) is 0 Å². The van der Waals surface area contributed by atoms with Gasteiger partial charge in [-0.1, -0.05) is 10.3 Å². The summed E-state index contributed by atoms with van der Waals surface area (Å²) in [4.78, 5) is 3.90. The number of nitrogens with zero attached hydrogens (tertiary/aromatic N) is 4. The van der Waals surface area contributed by atoms with Gasteiger partial charge in [0.2, 0.25) is 12.3 Å². The van der Waals surface area contributed by atoms with Crippen LogP contribution in [0.3, 0.4) is 0 Å². The number of aromatic nitrogens is 4. The van der Waals surface area contributed by atoms with Crippen LogP contribution in [0.5, 0.6) is 0 Å². The van der Waals surface area contributed by atoms with E-state index in [0.717, 1.165) is 6.54 Å². The number of ether oxygens (including phenoxy) is 1. The summed E-state index contributed by atoms with van der Waals surface area (Å²) in [5.41, 5.74) is 0. The van der Waals surface area contributed by atoms with Crippen molar-refractivity contribution >= 4 is 6.01 Å². The van der Waals surface area contributed by atoms with E-state index >= 15 is 0 Å². The normalized spacial score (nSPS) is 10.8. The zero-order chi connectivity index (χ0) is 13.3. The van der Waals surface area contributed by atoms with Crippen molar-refractivity contribution in [2.75, 3.05) is 32.1 Å². The van der Waals surface area contributed by atoms with Crippen molar-refractivity contribution in [1.29, 1.82) is 0 Å². The standard InChI is InChI=1S/C10H16N6O3/c1-17-5-4-11-6-9-14-15-10(19-9)12-3-2-8-13-7-18-16-8/h7,11H,2-6H2,1H3,(H,12,15). The van der Waals surface area contributed by atoms with E-state index in [2.05, 4.69) is 35.5 Å². The molecule has 0 fully saturated rings. The van der Waals surface area contributed by atoms with Crippen molar-refractivity contribution in [3.05, 3.63) is 18.1 Å². The third-order valence-corrected chi connectivity index (χ3v) is 2.26. The highest BCUT2D eigenvalue weighted by atomic mass is 16.5. The van der Waals surface area contributed by atoms with Gasteiger partial charge in [0.15, 0.2) is 5.82 Å². The zero-order valence-electron chi connectivity index (χ0n) is 10.6. The fourth-order valence-corrected chi connectivity index (χ4v) is 1.35. The molecule has 0 bridgehead atoms. The highest BCUT2D eigenvalue weighted by molar-refractivity contribution is 5.16. The van der Waals surface area contributed by atoms with Crippen LogP contribution in [-0.4, -0.2) is 47.1 Å². The van der Waals surface area contributed by atoms with E-state index in [9.17, 15) is 0 Å². The van der Waals surface area contributed by atoms with Crippen LogP contribution in [0.15, 0.2) is 15.3 Å². The first-order chi connectivity index (χ1) is 9.38. The maximum Gasteiger partial charge on any atom is 0.315 e. The quantitative estimate of drug-likeness (QED) is 0.599. The highest BCUT2D eigenvalue weighted by Gasteiger charge is 2.05. The van der Waals surface area contributed by atoms with E-state index in [1.165, 1.54) is 6.39 Å². The molecule has 104 valence electrons. The van der Waals surface area contributed by atoms with Gasteiger partial charge in [-0.25, -0.2) is 0 Å². The Morgan fingerprint density at radius 3 is 3.05 bits per heavy atom. The molecule has 0 spiro atoms. The maximum absolute atomic E-state index is 5.38. The van der Waals surface area contributed by atoms with Gasteiger partial charge in [0.05, 0.1) is 13.2 Å². The molecule has 2 rings (SSSR count). The Bertz CT molecular complexity index is 458. The first kappa shape index (κ1) is 13.4. The molecular formula is C10H16N6O3. The van der Waals surface area contributed by atoms with Crippen LogP contribution in [0.25, 0.3) is 0 Å². The molecule has 0 aliphatic rings. The van der Waals surface area contributed by atoms with Crippen LogP contribution >= 0.6 is 0 Å².